The van der Waals surface area contributed by atoms with E-state index >= 15 is 0 Å². The number of nitrogens with zero attached hydrogens (tertiary/aromatic N) is 3. The summed E-state index contributed by atoms with van der Waals surface area (Å²) in [6.07, 6.45) is 20.1. The number of azo groups is 1. The Morgan fingerprint density at radius 3 is 1.71 bits per heavy atom. The molecule has 0 spiro atoms. The predicted molar refractivity (Wildman–Crippen MR) is 237 cm³/mol. The number of hydrogen-bond acceptors (Lipinski definition) is 11. The fourth-order valence-corrected chi connectivity index (χ4v) is 8.45. The summed E-state index contributed by atoms with van der Waals surface area (Å²) in [5.41, 5.74) is 1.09. The minimum Gasteiger partial charge on any atom is -0.744 e. The van der Waals surface area contributed by atoms with Gasteiger partial charge in [0.2, 0.25) is 0 Å². The molecule has 16 heteroatoms. The summed E-state index contributed by atoms with van der Waals surface area (Å²) >= 11 is 0. The third-order valence-electron chi connectivity index (χ3n) is 10.9. The third-order valence-corrected chi connectivity index (χ3v) is 12.5. The van der Waals surface area contributed by atoms with Gasteiger partial charge in [0.25, 0.3) is 5.91 Å². The molecule has 62 heavy (non-hydrogen) atoms. The van der Waals surface area contributed by atoms with Crippen molar-refractivity contribution in [3.8, 4) is 5.75 Å². The molecule has 12 nitrogen and oxygen atoms in total. The molecule has 322 valence electrons. The Balaban J connectivity index is 0.00000512. The summed E-state index contributed by atoms with van der Waals surface area (Å²) < 4.78 is 70.5. The summed E-state index contributed by atoms with van der Waals surface area (Å²) in [6, 6.07) is 20.9. The van der Waals surface area contributed by atoms with Crippen LogP contribution in [0.3, 0.4) is 0 Å². The van der Waals surface area contributed by atoms with Crippen LogP contribution in [0.25, 0.3) is 21.5 Å². The standard InChI is InChI=1S/C46H58N4O8S2.2Na/c1-3-4-5-6-7-8-9-10-11-12-13-14-15-16-17-20-29-50(2)44-28-27-38(60(56,57)58)32-43(44)47-46(52)41-33-42(39-21-18-19-22-40(39)45(41)51)49-48-36-25-23-35-31-37(59(53,54)55)26-24-34(35)30-36;;/h18-19,21-28,30-33,51H,3-17,20,29H2,1-2H3,(H,47,52)(H,53,54,55)(H,56,57,58);;/q;2*+1/p-2. The molecule has 0 aliphatic carbocycles. The molecule has 5 aromatic carbocycles. The molecule has 0 aromatic heterocycles. The summed E-state index contributed by atoms with van der Waals surface area (Å²) in [6.45, 7) is 2.88. The number of rotatable bonds is 24. The van der Waals surface area contributed by atoms with E-state index in [9.17, 15) is 35.8 Å². The zero-order chi connectivity index (χ0) is 43.1. The number of carbonyl (C=O) groups excluding carboxylic acids is 1. The normalized spacial score (nSPS) is 11.7. The van der Waals surface area contributed by atoms with Crippen molar-refractivity contribution in [2.75, 3.05) is 23.8 Å². The van der Waals surface area contributed by atoms with Gasteiger partial charge in [0, 0.05) is 24.4 Å². The maximum atomic E-state index is 13.9. The van der Waals surface area contributed by atoms with Gasteiger partial charge in [-0.2, -0.15) is 5.11 Å². The van der Waals surface area contributed by atoms with Crippen LogP contribution in [0.5, 0.6) is 5.75 Å². The van der Waals surface area contributed by atoms with Gasteiger partial charge in [0.15, 0.2) is 0 Å². The van der Waals surface area contributed by atoms with Crippen molar-refractivity contribution in [3.05, 3.63) is 90.5 Å². The van der Waals surface area contributed by atoms with E-state index in [4.69, 9.17) is 0 Å². The van der Waals surface area contributed by atoms with Crippen LogP contribution in [0.15, 0.2) is 105 Å². The number of unbranched alkanes of at least 4 members (excludes halogenated alkanes) is 15. The van der Waals surface area contributed by atoms with Gasteiger partial charge >= 0.3 is 59.1 Å². The first-order valence-corrected chi connectivity index (χ1v) is 23.9. The molecule has 0 saturated carbocycles. The molecule has 2 N–H and O–H groups in total. The van der Waals surface area contributed by atoms with Crippen molar-refractivity contribution in [3.63, 3.8) is 0 Å². The Labute approximate surface area is 411 Å². The van der Waals surface area contributed by atoms with E-state index in [0.717, 1.165) is 25.3 Å². The van der Waals surface area contributed by atoms with Crippen molar-refractivity contribution < 1.29 is 95.0 Å². The SMILES string of the molecule is CCCCCCCCCCCCCCCCCCN(C)c1ccc(S(=O)(=O)[O-])cc1NC(=O)c1cc(N=Nc2ccc3cc(S(=O)(=O)[O-])ccc3c2)c2ccccc2c1O.[Na+].[Na+]. The van der Waals surface area contributed by atoms with Crippen molar-refractivity contribution >= 4 is 70.4 Å². The summed E-state index contributed by atoms with van der Waals surface area (Å²) in [5, 5.41) is 24.8. The third kappa shape index (κ3) is 16.0. The van der Waals surface area contributed by atoms with Crippen LogP contribution in [0, 0.1) is 0 Å². The van der Waals surface area contributed by atoms with Gasteiger partial charge in [-0.25, -0.2) is 16.8 Å². The summed E-state index contributed by atoms with van der Waals surface area (Å²) in [7, 11) is -7.64. The number of aromatic hydroxyl groups is 1. The second-order valence-electron chi connectivity index (χ2n) is 15.5. The first-order chi connectivity index (χ1) is 28.8. The number of carbonyl (C=O) groups is 1. The Morgan fingerprint density at radius 1 is 0.629 bits per heavy atom. The number of fused-ring (bicyclic) bond motifs is 2. The average Bonchev–Trinajstić information content (AvgIpc) is 3.22. The summed E-state index contributed by atoms with van der Waals surface area (Å²) in [4.78, 5) is 15.0. The topological polar surface area (TPSA) is 192 Å². The molecule has 0 radical (unpaired) electrons. The minimum absolute atomic E-state index is 0. The van der Waals surface area contributed by atoms with Crippen LogP contribution in [0.1, 0.15) is 120 Å². The van der Waals surface area contributed by atoms with Crippen molar-refractivity contribution in [1.29, 1.82) is 0 Å². The van der Waals surface area contributed by atoms with Crippen LogP contribution in [-0.2, 0) is 20.2 Å². The van der Waals surface area contributed by atoms with E-state index in [1.54, 1.807) is 42.5 Å². The van der Waals surface area contributed by atoms with E-state index in [2.05, 4.69) is 22.5 Å². The van der Waals surface area contributed by atoms with E-state index in [1.807, 2.05) is 11.9 Å². The monoisotopic (exact) mass is 902 g/mol. The molecule has 0 aliphatic rings. The molecule has 0 aliphatic heterocycles. The van der Waals surface area contributed by atoms with Gasteiger partial charge < -0.3 is 24.4 Å². The molecule has 0 atom stereocenters. The fourth-order valence-electron chi connectivity index (χ4n) is 7.45. The fraction of sp³-hybridized carbons (Fsp3) is 0.413. The molecule has 5 aromatic rings. The molecule has 0 unspecified atom stereocenters. The second kappa shape index (κ2) is 26.2. The number of benzene rings is 5. The first-order valence-electron chi connectivity index (χ1n) is 21.0. The molecule has 0 fully saturated rings. The largest absolute Gasteiger partial charge is 1.00 e. The van der Waals surface area contributed by atoms with Crippen LogP contribution in [0.4, 0.5) is 22.7 Å². The molecule has 0 heterocycles. The van der Waals surface area contributed by atoms with Crippen LogP contribution in [0.2, 0.25) is 0 Å². The molecular formula is C46H56N4Na2O8S2. The van der Waals surface area contributed by atoms with Gasteiger partial charge in [-0.15, -0.1) is 5.11 Å². The second-order valence-corrected chi connectivity index (χ2v) is 18.3. The van der Waals surface area contributed by atoms with Gasteiger partial charge in [-0.1, -0.05) is 140 Å². The van der Waals surface area contributed by atoms with E-state index in [-0.39, 0.29) is 86.7 Å². The van der Waals surface area contributed by atoms with E-state index < -0.39 is 31.0 Å². The maximum Gasteiger partial charge on any atom is 1.00 e. The van der Waals surface area contributed by atoms with Gasteiger partial charge in [0.05, 0.1) is 38.1 Å². The van der Waals surface area contributed by atoms with Gasteiger partial charge in [-0.3, -0.25) is 4.79 Å². The minimum atomic E-state index is -4.85. The molecular weight excluding hydrogens is 847 g/mol. The number of nitrogens with one attached hydrogen (secondary N) is 1. The first kappa shape index (κ1) is 53.4. The summed E-state index contributed by atoms with van der Waals surface area (Å²) in [5.74, 6) is -1.09. The van der Waals surface area contributed by atoms with Crippen LogP contribution in [-0.4, -0.2) is 50.5 Å². The Kier molecular flexibility index (Phi) is 22.6. The van der Waals surface area contributed by atoms with Crippen LogP contribution >= 0.6 is 0 Å². The van der Waals surface area contributed by atoms with Crippen molar-refractivity contribution in [1.82, 2.24) is 0 Å². The van der Waals surface area contributed by atoms with E-state index in [1.165, 1.54) is 120 Å². The number of amides is 1. The smallest absolute Gasteiger partial charge is 0.744 e. The quantitative estimate of drug-likeness (QED) is 0.0330. The Morgan fingerprint density at radius 2 is 1.13 bits per heavy atom. The molecule has 5 rings (SSSR count). The van der Waals surface area contributed by atoms with Crippen molar-refractivity contribution in [2.24, 2.45) is 10.2 Å². The number of phenols is 1. The molecule has 0 bridgehead atoms. The molecule has 0 saturated heterocycles. The Hall–Kier alpha value is -2.89. The number of anilines is 2. The maximum absolute atomic E-state index is 13.9. The number of hydrogen-bond donors (Lipinski definition) is 2. The predicted octanol–water partition coefficient (Wildman–Crippen LogP) is 5.88. The zero-order valence-corrected chi connectivity index (χ0v) is 42.2. The Bertz CT molecular complexity index is 2500. The van der Waals surface area contributed by atoms with Crippen molar-refractivity contribution in [2.45, 2.75) is 119 Å². The zero-order valence-electron chi connectivity index (χ0n) is 36.6. The molecule has 1 amide bonds. The number of phenolic OH excluding ortho intramolecular Hbond substituents is 1. The van der Waals surface area contributed by atoms with Gasteiger partial charge in [0.1, 0.15) is 26.0 Å². The van der Waals surface area contributed by atoms with Crippen LogP contribution < -0.4 is 69.3 Å². The van der Waals surface area contributed by atoms with E-state index in [0.29, 0.717) is 39.5 Å². The average molecular weight is 903 g/mol. The van der Waals surface area contributed by atoms with Gasteiger partial charge in [-0.05, 0) is 65.7 Å².